The molecular formula is C21H22N4O2. The minimum Gasteiger partial charge on any atom is -0.345 e. The molecule has 4 rings (SSSR count). The molecule has 1 N–H and O–H groups in total. The average molecular weight is 362 g/mol. The van der Waals surface area contributed by atoms with Crippen LogP contribution < -0.4 is 0 Å². The number of carbonyl (C=O) groups is 2. The Hall–Kier alpha value is -3.15. The van der Waals surface area contributed by atoms with Crippen LogP contribution in [0.15, 0.2) is 48.8 Å². The molecule has 2 aromatic carbocycles. The fraction of sp³-hybridized carbons (Fsp3) is 0.286. The number of hydrogen-bond donors (Lipinski definition) is 1. The predicted octanol–water partition coefficient (Wildman–Crippen LogP) is 2.40. The molecule has 1 aromatic heterocycles. The van der Waals surface area contributed by atoms with Gasteiger partial charge >= 0.3 is 0 Å². The molecule has 1 aliphatic heterocycles. The molecular weight excluding hydrogens is 340 g/mol. The van der Waals surface area contributed by atoms with Crippen molar-refractivity contribution in [3.63, 3.8) is 0 Å². The summed E-state index contributed by atoms with van der Waals surface area (Å²) in [6, 6.07) is 13.5. The van der Waals surface area contributed by atoms with Crippen molar-refractivity contribution in [2.45, 2.75) is 13.3 Å². The molecule has 3 aromatic rings. The van der Waals surface area contributed by atoms with Crippen molar-refractivity contribution in [3.8, 4) is 0 Å². The molecule has 138 valence electrons. The highest BCUT2D eigenvalue weighted by Crippen LogP contribution is 2.16. The van der Waals surface area contributed by atoms with Gasteiger partial charge in [-0.1, -0.05) is 24.3 Å². The first kappa shape index (κ1) is 17.3. The molecule has 2 amide bonds. The molecule has 0 bridgehead atoms. The van der Waals surface area contributed by atoms with Gasteiger partial charge in [0.15, 0.2) is 0 Å². The molecule has 0 aliphatic carbocycles. The predicted molar refractivity (Wildman–Crippen MR) is 103 cm³/mol. The maximum atomic E-state index is 12.8. The van der Waals surface area contributed by atoms with Gasteiger partial charge in [-0.3, -0.25) is 9.59 Å². The van der Waals surface area contributed by atoms with Crippen LogP contribution in [-0.2, 0) is 11.2 Å². The molecule has 0 atom stereocenters. The standard InChI is InChI=1S/C21H22N4O2/c1-15-4-2-3-5-16(15)13-20(26)24-8-10-25(11-9-24)21(27)17-6-7-18-19(12-17)23-14-22-18/h2-7,12,14H,8-11,13H2,1H3,(H,22,23). The highest BCUT2D eigenvalue weighted by Gasteiger charge is 2.25. The number of H-pyrrole nitrogens is 1. The SMILES string of the molecule is Cc1ccccc1CC(=O)N1CCN(C(=O)c2ccc3nc[nH]c3c2)CC1. The largest absolute Gasteiger partial charge is 0.345 e. The Morgan fingerprint density at radius 1 is 1.04 bits per heavy atom. The van der Waals surface area contributed by atoms with E-state index in [-0.39, 0.29) is 11.8 Å². The fourth-order valence-corrected chi connectivity index (χ4v) is 3.49. The van der Waals surface area contributed by atoms with Gasteiger partial charge in [-0.05, 0) is 36.2 Å². The lowest BCUT2D eigenvalue weighted by atomic mass is 10.1. The van der Waals surface area contributed by atoms with Crippen LogP contribution in [0.2, 0.25) is 0 Å². The van der Waals surface area contributed by atoms with Crippen LogP contribution in [0.5, 0.6) is 0 Å². The van der Waals surface area contributed by atoms with Gasteiger partial charge in [0.1, 0.15) is 0 Å². The lowest BCUT2D eigenvalue weighted by molar-refractivity contribution is -0.131. The first-order chi connectivity index (χ1) is 13.1. The summed E-state index contributed by atoms with van der Waals surface area (Å²) in [4.78, 5) is 36.2. The zero-order chi connectivity index (χ0) is 18.8. The lowest BCUT2D eigenvalue weighted by Gasteiger charge is -2.35. The third-order valence-corrected chi connectivity index (χ3v) is 5.19. The molecule has 2 heterocycles. The van der Waals surface area contributed by atoms with Crippen molar-refractivity contribution in [3.05, 3.63) is 65.5 Å². The summed E-state index contributed by atoms with van der Waals surface area (Å²) >= 11 is 0. The molecule has 1 saturated heterocycles. The van der Waals surface area contributed by atoms with Crippen molar-refractivity contribution in [1.82, 2.24) is 19.8 Å². The Morgan fingerprint density at radius 2 is 1.78 bits per heavy atom. The van der Waals surface area contributed by atoms with E-state index in [4.69, 9.17) is 0 Å². The van der Waals surface area contributed by atoms with Crippen LogP contribution in [0, 0.1) is 6.92 Å². The molecule has 0 radical (unpaired) electrons. The quantitative estimate of drug-likeness (QED) is 0.778. The van der Waals surface area contributed by atoms with Crippen LogP contribution in [0.4, 0.5) is 0 Å². The van der Waals surface area contributed by atoms with Crippen LogP contribution in [0.1, 0.15) is 21.5 Å². The number of hydrogen-bond acceptors (Lipinski definition) is 3. The Balaban J connectivity index is 1.37. The summed E-state index contributed by atoms with van der Waals surface area (Å²) in [7, 11) is 0. The smallest absolute Gasteiger partial charge is 0.254 e. The zero-order valence-corrected chi connectivity index (χ0v) is 15.3. The second-order valence-electron chi connectivity index (χ2n) is 6.91. The van der Waals surface area contributed by atoms with E-state index in [1.54, 1.807) is 12.4 Å². The Labute approximate surface area is 157 Å². The van der Waals surface area contributed by atoms with E-state index >= 15 is 0 Å². The fourth-order valence-electron chi connectivity index (χ4n) is 3.49. The number of amides is 2. The third kappa shape index (κ3) is 3.56. The van der Waals surface area contributed by atoms with Gasteiger partial charge in [0.05, 0.1) is 23.8 Å². The first-order valence-electron chi connectivity index (χ1n) is 9.16. The highest BCUT2D eigenvalue weighted by molar-refractivity contribution is 5.97. The lowest BCUT2D eigenvalue weighted by Crippen LogP contribution is -2.51. The van der Waals surface area contributed by atoms with Crippen LogP contribution >= 0.6 is 0 Å². The summed E-state index contributed by atoms with van der Waals surface area (Å²) in [6.45, 7) is 4.28. The molecule has 6 heteroatoms. The summed E-state index contributed by atoms with van der Waals surface area (Å²) in [5.74, 6) is 0.118. The van der Waals surface area contributed by atoms with Gasteiger partial charge in [-0.2, -0.15) is 0 Å². The van der Waals surface area contributed by atoms with E-state index in [2.05, 4.69) is 9.97 Å². The Bertz CT molecular complexity index is 987. The first-order valence-corrected chi connectivity index (χ1v) is 9.16. The third-order valence-electron chi connectivity index (χ3n) is 5.19. The summed E-state index contributed by atoms with van der Waals surface area (Å²) in [5.41, 5.74) is 4.54. The number of piperazine rings is 1. The minimum atomic E-state index is -0.00231. The summed E-state index contributed by atoms with van der Waals surface area (Å²) in [6.07, 6.45) is 2.04. The maximum Gasteiger partial charge on any atom is 0.254 e. The summed E-state index contributed by atoms with van der Waals surface area (Å²) < 4.78 is 0. The monoisotopic (exact) mass is 362 g/mol. The van der Waals surface area contributed by atoms with Gasteiger partial charge in [-0.15, -0.1) is 0 Å². The zero-order valence-electron chi connectivity index (χ0n) is 15.3. The number of aromatic nitrogens is 2. The Morgan fingerprint density at radius 3 is 2.56 bits per heavy atom. The highest BCUT2D eigenvalue weighted by atomic mass is 16.2. The molecule has 1 fully saturated rings. The van der Waals surface area contributed by atoms with Crippen molar-refractivity contribution in [2.75, 3.05) is 26.2 Å². The van der Waals surface area contributed by atoms with Gasteiger partial charge < -0.3 is 14.8 Å². The molecule has 0 saturated carbocycles. The van der Waals surface area contributed by atoms with Crippen LogP contribution in [-0.4, -0.2) is 57.8 Å². The van der Waals surface area contributed by atoms with Gasteiger partial charge in [0, 0.05) is 31.7 Å². The maximum absolute atomic E-state index is 12.8. The minimum absolute atomic E-state index is 0.00231. The van der Waals surface area contributed by atoms with E-state index in [0.29, 0.717) is 38.2 Å². The van der Waals surface area contributed by atoms with Gasteiger partial charge in [0.2, 0.25) is 5.91 Å². The van der Waals surface area contributed by atoms with E-state index < -0.39 is 0 Å². The molecule has 0 spiro atoms. The van der Waals surface area contributed by atoms with Crippen molar-refractivity contribution in [2.24, 2.45) is 0 Å². The van der Waals surface area contributed by atoms with E-state index in [1.807, 2.05) is 53.1 Å². The second kappa shape index (κ2) is 7.23. The number of fused-ring (bicyclic) bond motifs is 1. The number of carbonyl (C=O) groups excluding carboxylic acids is 2. The average Bonchev–Trinajstić information content (AvgIpc) is 3.17. The molecule has 1 aliphatic rings. The topological polar surface area (TPSA) is 69.3 Å². The van der Waals surface area contributed by atoms with Gasteiger partial charge in [-0.25, -0.2) is 4.98 Å². The summed E-state index contributed by atoms with van der Waals surface area (Å²) in [5, 5.41) is 0. The van der Waals surface area contributed by atoms with Crippen LogP contribution in [0.3, 0.4) is 0 Å². The van der Waals surface area contributed by atoms with E-state index in [1.165, 1.54) is 0 Å². The van der Waals surface area contributed by atoms with Crippen molar-refractivity contribution < 1.29 is 9.59 Å². The van der Waals surface area contributed by atoms with Crippen LogP contribution in [0.25, 0.3) is 11.0 Å². The number of nitrogens with one attached hydrogen (secondary N) is 1. The van der Waals surface area contributed by atoms with Gasteiger partial charge in [0.25, 0.3) is 5.91 Å². The number of aromatic amines is 1. The van der Waals surface area contributed by atoms with Crippen molar-refractivity contribution in [1.29, 1.82) is 0 Å². The number of benzene rings is 2. The number of nitrogens with zero attached hydrogens (tertiary/aromatic N) is 3. The number of imidazole rings is 1. The van der Waals surface area contributed by atoms with Crippen molar-refractivity contribution >= 4 is 22.8 Å². The number of aryl methyl sites for hydroxylation is 1. The molecule has 27 heavy (non-hydrogen) atoms. The second-order valence-corrected chi connectivity index (χ2v) is 6.91. The normalized spacial score (nSPS) is 14.6. The van der Waals surface area contributed by atoms with E-state index in [9.17, 15) is 9.59 Å². The Kier molecular flexibility index (Phi) is 4.62. The van der Waals surface area contributed by atoms with E-state index in [0.717, 1.165) is 22.2 Å². The number of rotatable bonds is 3. The molecule has 6 nitrogen and oxygen atoms in total. The molecule has 0 unspecified atom stereocenters.